The van der Waals surface area contributed by atoms with Gasteiger partial charge in [-0.3, -0.25) is 14.4 Å². The van der Waals surface area contributed by atoms with Crippen molar-refractivity contribution in [2.75, 3.05) is 13.1 Å². The molecule has 7 heteroatoms. The van der Waals surface area contributed by atoms with E-state index in [4.69, 9.17) is 4.74 Å². The number of aromatic amines is 1. The minimum atomic E-state index is -0.968. The topological polar surface area (TPSA) is 103 Å². The fraction of sp³-hybridized carbons (Fsp3) is 0.391. The van der Waals surface area contributed by atoms with Crippen LogP contribution < -0.4 is 5.56 Å². The molecule has 3 rings (SSSR count). The van der Waals surface area contributed by atoms with Crippen molar-refractivity contribution in [2.45, 2.75) is 45.6 Å². The van der Waals surface area contributed by atoms with Crippen molar-refractivity contribution in [3.05, 3.63) is 68.6 Å². The minimum absolute atomic E-state index is 0.0369. The number of rotatable bonds is 6. The fourth-order valence-corrected chi connectivity index (χ4v) is 3.83. The Kier molecular flexibility index (Phi) is 6.68. The van der Waals surface area contributed by atoms with E-state index in [0.29, 0.717) is 36.3 Å². The summed E-state index contributed by atoms with van der Waals surface area (Å²) < 4.78 is 5.63. The van der Waals surface area contributed by atoms with Crippen molar-refractivity contribution in [1.82, 2.24) is 9.88 Å². The number of esters is 1. The average Bonchev–Trinajstić information content (AvgIpc) is 3.27. The van der Waals surface area contributed by atoms with Crippen LogP contribution in [0.4, 0.5) is 0 Å². The molecule has 1 fully saturated rings. The van der Waals surface area contributed by atoms with Crippen LogP contribution in [0.15, 0.2) is 35.1 Å². The lowest BCUT2D eigenvalue weighted by molar-refractivity contribution is -0.160. The van der Waals surface area contributed by atoms with E-state index in [2.05, 4.69) is 4.98 Å². The summed E-state index contributed by atoms with van der Waals surface area (Å²) in [6.07, 6.45) is 1.28. The monoisotopic (exact) mass is 407 g/mol. The number of hydrogen-bond donors (Lipinski definition) is 1. The molecule has 1 aromatic carbocycles. The highest BCUT2D eigenvalue weighted by Gasteiger charge is 2.30. The van der Waals surface area contributed by atoms with Crippen molar-refractivity contribution in [3.8, 4) is 6.07 Å². The Morgan fingerprint density at radius 3 is 2.50 bits per heavy atom. The third kappa shape index (κ3) is 4.60. The maximum absolute atomic E-state index is 13.0. The number of benzene rings is 1. The Balaban J connectivity index is 1.75. The van der Waals surface area contributed by atoms with Gasteiger partial charge >= 0.3 is 5.97 Å². The van der Waals surface area contributed by atoms with E-state index < -0.39 is 17.6 Å². The summed E-state index contributed by atoms with van der Waals surface area (Å²) in [7, 11) is 0. The molecule has 156 valence electrons. The quantitative estimate of drug-likeness (QED) is 0.742. The van der Waals surface area contributed by atoms with Crippen molar-refractivity contribution in [1.29, 1.82) is 5.26 Å². The fourth-order valence-electron chi connectivity index (χ4n) is 3.83. The zero-order valence-electron chi connectivity index (χ0n) is 17.2. The number of nitriles is 1. The molecular weight excluding hydrogens is 382 g/mol. The molecule has 2 heterocycles. The van der Waals surface area contributed by atoms with Gasteiger partial charge in [-0.25, -0.2) is 0 Å². The molecule has 1 aliphatic heterocycles. The number of amides is 1. The standard InChI is InChI=1S/C23H25N3O4/c1-15-18(16(2)25-22(28)19(15)14-24)10-11-20(27)30-21(17-8-4-3-5-9-17)23(29)26-12-6-7-13-26/h3-5,8-9,21H,6-7,10-13H2,1-2H3,(H,25,28)/t21-/m1/s1. The van der Waals surface area contributed by atoms with Gasteiger partial charge in [-0.15, -0.1) is 0 Å². The number of aryl methyl sites for hydroxylation is 1. The second-order valence-corrected chi connectivity index (χ2v) is 7.48. The van der Waals surface area contributed by atoms with Crippen molar-refractivity contribution < 1.29 is 14.3 Å². The zero-order chi connectivity index (χ0) is 21.7. The van der Waals surface area contributed by atoms with E-state index in [1.54, 1.807) is 30.9 Å². The molecule has 0 bridgehead atoms. The molecule has 2 aromatic rings. The Labute approximate surface area is 175 Å². The molecular formula is C23H25N3O4. The lowest BCUT2D eigenvalue weighted by Gasteiger charge is -2.23. The summed E-state index contributed by atoms with van der Waals surface area (Å²) in [6.45, 7) is 4.78. The maximum atomic E-state index is 13.0. The number of carbonyl (C=O) groups is 2. The molecule has 7 nitrogen and oxygen atoms in total. The molecule has 0 radical (unpaired) electrons. The molecule has 1 saturated heterocycles. The number of likely N-dealkylation sites (tertiary alicyclic amines) is 1. The molecule has 1 aromatic heterocycles. The van der Waals surface area contributed by atoms with Crippen molar-refractivity contribution in [2.24, 2.45) is 0 Å². The van der Waals surface area contributed by atoms with Gasteiger partial charge in [-0.1, -0.05) is 30.3 Å². The normalized spacial score (nSPS) is 14.2. The Hall–Kier alpha value is -3.40. The SMILES string of the molecule is Cc1[nH]c(=O)c(C#N)c(C)c1CCC(=O)O[C@@H](C(=O)N1CCCC1)c1ccccc1. The summed E-state index contributed by atoms with van der Waals surface area (Å²) in [5.74, 6) is -0.699. The van der Waals surface area contributed by atoms with Gasteiger partial charge in [0.15, 0.2) is 0 Å². The van der Waals surface area contributed by atoms with E-state index in [1.165, 1.54) is 0 Å². The predicted octanol–water partition coefficient (Wildman–Crippen LogP) is 2.70. The van der Waals surface area contributed by atoms with Gasteiger partial charge in [0.1, 0.15) is 11.6 Å². The van der Waals surface area contributed by atoms with Gasteiger partial charge in [0.05, 0.1) is 0 Å². The average molecular weight is 407 g/mol. The first kappa shape index (κ1) is 21.3. The van der Waals surface area contributed by atoms with E-state index in [-0.39, 0.29) is 17.9 Å². The Bertz CT molecular complexity index is 1030. The first-order valence-corrected chi connectivity index (χ1v) is 10.1. The second kappa shape index (κ2) is 9.40. The molecule has 1 atom stereocenters. The van der Waals surface area contributed by atoms with Gasteiger partial charge < -0.3 is 14.6 Å². The molecule has 1 amide bonds. The lowest BCUT2D eigenvalue weighted by Crippen LogP contribution is -2.35. The van der Waals surface area contributed by atoms with Crippen molar-refractivity contribution in [3.63, 3.8) is 0 Å². The number of aromatic nitrogens is 1. The third-order valence-corrected chi connectivity index (χ3v) is 5.49. The van der Waals surface area contributed by atoms with E-state index in [1.807, 2.05) is 24.3 Å². The molecule has 1 aliphatic rings. The molecule has 0 saturated carbocycles. The summed E-state index contributed by atoms with van der Waals surface area (Å²) >= 11 is 0. The van der Waals surface area contributed by atoms with Crippen LogP contribution in [0.2, 0.25) is 0 Å². The van der Waals surface area contributed by atoms with Crippen LogP contribution in [-0.2, 0) is 20.7 Å². The largest absolute Gasteiger partial charge is 0.447 e. The second-order valence-electron chi connectivity index (χ2n) is 7.48. The Morgan fingerprint density at radius 1 is 1.20 bits per heavy atom. The van der Waals surface area contributed by atoms with Crippen LogP contribution >= 0.6 is 0 Å². The number of ether oxygens (including phenoxy) is 1. The number of hydrogen-bond acceptors (Lipinski definition) is 5. The van der Waals surface area contributed by atoms with Gasteiger partial charge in [-0.05, 0) is 44.2 Å². The number of pyridine rings is 1. The van der Waals surface area contributed by atoms with Crippen LogP contribution in [0.25, 0.3) is 0 Å². The van der Waals surface area contributed by atoms with Gasteiger partial charge in [0, 0.05) is 30.8 Å². The molecule has 0 aliphatic carbocycles. The first-order valence-electron chi connectivity index (χ1n) is 10.1. The molecule has 0 spiro atoms. The number of nitrogens with one attached hydrogen (secondary N) is 1. The van der Waals surface area contributed by atoms with Crippen LogP contribution in [0, 0.1) is 25.2 Å². The van der Waals surface area contributed by atoms with Crippen LogP contribution in [0.1, 0.15) is 53.3 Å². The highest BCUT2D eigenvalue weighted by molar-refractivity contribution is 5.85. The van der Waals surface area contributed by atoms with E-state index in [9.17, 15) is 19.6 Å². The Morgan fingerprint density at radius 2 is 1.87 bits per heavy atom. The first-order chi connectivity index (χ1) is 14.4. The molecule has 1 N–H and O–H groups in total. The predicted molar refractivity (Wildman–Crippen MR) is 111 cm³/mol. The highest BCUT2D eigenvalue weighted by atomic mass is 16.5. The van der Waals surface area contributed by atoms with Gasteiger partial charge in [-0.2, -0.15) is 5.26 Å². The lowest BCUT2D eigenvalue weighted by atomic mass is 9.99. The zero-order valence-corrected chi connectivity index (χ0v) is 17.2. The minimum Gasteiger partial charge on any atom is -0.447 e. The van der Waals surface area contributed by atoms with E-state index >= 15 is 0 Å². The number of nitrogens with zero attached hydrogens (tertiary/aromatic N) is 2. The molecule has 0 unspecified atom stereocenters. The summed E-state index contributed by atoms with van der Waals surface area (Å²) in [5.41, 5.74) is 2.20. The van der Waals surface area contributed by atoms with E-state index in [0.717, 1.165) is 18.4 Å². The third-order valence-electron chi connectivity index (χ3n) is 5.49. The van der Waals surface area contributed by atoms with Crippen LogP contribution in [-0.4, -0.2) is 34.8 Å². The molecule has 30 heavy (non-hydrogen) atoms. The summed E-state index contributed by atoms with van der Waals surface area (Å²) in [5, 5.41) is 9.20. The maximum Gasteiger partial charge on any atom is 0.307 e. The summed E-state index contributed by atoms with van der Waals surface area (Å²) in [4.78, 5) is 41.9. The number of H-pyrrole nitrogens is 1. The van der Waals surface area contributed by atoms with Crippen molar-refractivity contribution >= 4 is 11.9 Å². The summed E-state index contributed by atoms with van der Waals surface area (Å²) in [6, 6.07) is 10.9. The highest BCUT2D eigenvalue weighted by Crippen LogP contribution is 2.24. The van der Waals surface area contributed by atoms with Crippen LogP contribution in [0.5, 0.6) is 0 Å². The van der Waals surface area contributed by atoms with Gasteiger partial charge in [0.2, 0.25) is 6.10 Å². The smallest absolute Gasteiger partial charge is 0.307 e. The van der Waals surface area contributed by atoms with Gasteiger partial charge in [0.25, 0.3) is 11.5 Å². The van der Waals surface area contributed by atoms with Crippen LogP contribution in [0.3, 0.4) is 0 Å². The number of carbonyl (C=O) groups excluding carboxylic acids is 2.